The van der Waals surface area contributed by atoms with Crippen molar-refractivity contribution in [1.82, 2.24) is 10.2 Å². The van der Waals surface area contributed by atoms with Crippen LogP contribution in [0.3, 0.4) is 0 Å². The summed E-state index contributed by atoms with van der Waals surface area (Å²) in [7, 11) is 0. The molecule has 0 aromatic heterocycles. The van der Waals surface area contributed by atoms with Gasteiger partial charge < -0.3 is 10.4 Å². The Balaban J connectivity index is 2.00. The topological polar surface area (TPSA) is 76.4 Å². The van der Waals surface area contributed by atoms with E-state index in [0.717, 1.165) is 25.2 Å². The van der Waals surface area contributed by atoms with Gasteiger partial charge >= 0.3 is 0 Å². The lowest BCUT2D eigenvalue weighted by atomic mass is 9.91. The van der Waals surface area contributed by atoms with E-state index in [2.05, 4.69) is 30.1 Å². The third-order valence-electron chi connectivity index (χ3n) is 4.28. The Labute approximate surface area is 131 Å². The summed E-state index contributed by atoms with van der Waals surface area (Å²) < 4.78 is 0. The van der Waals surface area contributed by atoms with Crippen molar-refractivity contribution in [3.8, 4) is 6.07 Å². The number of carbonyl (C=O) groups is 1. The van der Waals surface area contributed by atoms with Gasteiger partial charge in [0.15, 0.2) is 0 Å². The van der Waals surface area contributed by atoms with Crippen LogP contribution in [0.1, 0.15) is 25.0 Å². The number of hydrogen-bond donors (Lipinski definition) is 2. The van der Waals surface area contributed by atoms with Crippen molar-refractivity contribution >= 4 is 5.91 Å². The second-order valence-corrected chi connectivity index (χ2v) is 6.24. The molecule has 0 bridgehead atoms. The van der Waals surface area contributed by atoms with Crippen molar-refractivity contribution in [3.05, 3.63) is 35.4 Å². The molecule has 1 aromatic rings. The van der Waals surface area contributed by atoms with E-state index in [4.69, 9.17) is 10.4 Å². The van der Waals surface area contributed by atoms with Crippen LogP contribution in [0.25, 0.3) is 0 Å². The molecular weight excluding hydrogens is 278 g/mol. The summed E-state index contributed by atoms with van der Waals surface area (Å²) >= 11 is 0. The quantitative estimate of drug-likeness (QED) is 0.854. The van der Waals surface area contributed by atoms with Crippen LogP contribution in [0, 0.1) is 23.2 Å². The summed E-state index contributed by atoms with van der Waals surface area (Å²) in [5.74, 6) is 0.541. The molecule has 0 aliphatic carbocycles. The number of carbonyl (C=O) groups excluding carboxylic acids is 1. The monoisotopic (exact) mass is 301 g/mol. The van der Waals surface area contributed by atoms with Crippen molar-refractivity contribution in [2.75, 3.05) is 19.7 Å². The molecule has 1 aliphatic heterocycles. The van der Waals surface area contributed by atoms with Crippen LogP contribution in [0.2, 0.25) is 0 Å². The molecule has 2 atom stereocenters. The zero-order valence-electron chi connectivity index (χ0n) is 13.1. The van der Waals surface area contributed by atoms with E-state index >= 15 is 0 Å². The van der Waals surface area contributed by atoms with E-state index in [-0.39, 0.29) is 11.9 Å². The van der Waals surface area contributed by atoms with E-state index in [1.807, 2.05) is 24.3 Å². The Morgan fingerprint density at radius 2 is 2.09 bits per heavy atom. The van der Waals surface area contributed by atoms with E-state index in [1.54, 1.807) is 0 Å². The standard InChI is InChI=1S/C17H23N3O2/c1-12(2)15-9-20(10-16(15)19-17(22)11-21)8-14-5-3-13(7-18)4-6-14/h3-6,12,15-16,21H,8-11H2,1-2H3,(H,19,22)/t15-,16+/m0/s1. The van der Waals surface area contributed by atoms with Crippen LogP contribution in [-0.4, -0.2) is 41.7 Å². The number of hydrogen-bond acceptors (Lipinski definition) is 4. The molecule has 0 saturated carbocycles. The van der Waals surface area contributed by atoms with Crippen molar-refractivity contribution in [3.63, 3.8) is 0 Å². The highest BCUT2D eigenvalue weighted by Crippen LogP contribution is 2.25. The average molecular weight is 301 g/mol. The second kappa shape index (κ2) is 7.39. The first kappa shape index (κ1) is 16.5. The fraction of sp³-hybridized carbons (Fsp3) is 0.529. The summed E-state index contributed by atoms with van der Waals surface area (Å²) in [5.41, 5.74) is 1.83. The first-order valence-electron chi connectivity index (χ1n) is 7.65. The molecule has 1 fully saturated rings. The molecule has 0 unspecified atom stereocenters. The van der Waals surface area contributed by atoms with Crippen molar-refractivity contribution in [2.24, 2.45) is 11.8 Å². The van der Waals surface area contributed by atoms with E-state index in [0.29, 0.717) is 17.4 Å². The molecule has 0 radical (unpaired) electrons. The van der Waals surface area contributed by atoms with Gasteiger partial charge in [0, 0.05) is 25.7 Å². The number of nitrogens with one attached hydrogen (secondary N) is 1. The van der Waals surface area contributed by atoms with E-state index in [9.17, 15) is 4.79 Å². The summed E-state index contributed by atoms with van der Waals surface area (Å²) in [4.78, 5) is 13.8. The predicted octanol–water partition coefficient (Wildman–Crippen LogP) is 1.12. The second-order valence-electron chi connectivity index (χ2n) is 6.24. The molecule has 22 heavy (non-hydrogen) atoms. The van der Waals surface area contributed by atoms with Gasteiger partial charge in [-0.1, -0.05) is 26.0 Å². The highest BCUT2D eigenvalue weighted by molar-refractivity contribution is 5.77. The average Bonchev–Trinajstić information content (AvgIpc) is 2.90. The number of amides is 1. The first-order valence-corrected chi connectivity index (χ1v) is 7.65. The number of nitrogens with zero attached hydrogens (tertiary/aromatic N) is 2. The first-order chi connectivity index (χ1) is 10.5. The Hall–Kier alpha value is -1.90. The number of likely N-dealkylation sites (tertiary alicyclic amines) is 1. The van der Waals surface area contributed by atoms with Gasteiger partial charge in [-0.15, -0.1) is 0 Å². The highest BCUT2D eigenvalue weighted by Gasteiger charge is 2.35. The Kier molecular flexibility index (Phi) is 5.53. The largest absolute Gasteiger partial charge is 0.387 e. The fourth-order valence-electron chi connectivity index (χ4n) is 3.07. The normalized spacial score (nSPS) is 21.8. The Morgan fingerprint density at radius 3 is 2.64 bits per heavy atom. The summed E-state index contributed by atoms with van der Waals surface area (Å²) in [6.07, 6.45) is 0. The maximum atomic E-state index is 11.5. The molecule has 1 heterocycles. The minimum Gasteiger partial charge on any atom is -0.387 e. The summed E-state index contributed by atoms with van der Waals surface area (Å²) in [6.45, 7) is 6.38. The SMILES string of the molecule is CC(C)[C@@H]1CN(Cc2ccc(C#N)cc2)C[C@H]1NC(=O)CO. The predicted molar refractivity (Wildman–Crippen MR) is 83.8 cm³/mol. The minimum atomic E-state index is -0.461. The Morgan fingerprint density at radius 1 is 1.41 bits per heavy atom. The van der Waals surface area contributed by atoms with Gasteiger partial charge in [0.1, 0.15) is 6.61 Å². The number of aliphatic hydroxyl groups is 1. The molecule has 0 spiro atoms. The van der Waals surface area contributed by atoms with Crippen LogP contribution < -0.4 is 5.32 Å². The molecule has 118 valence electrons. The lowest BCUT2D eigenvalue weighted by Gasteiger charge is -2.22. The highest BCUT2D eigenvalue weighted by atomic mass is 16.3. The van der Waals surface area contributed by atoms with Crippen molar-refractivity contribution in [1.29, 1.82) is 5.26 Å². The molecule has 1 saturated heterocycles. The zero-order chi connectivity index (χ0) is 16.1. The van der Waals surface area contributed by atoms with Gasteiger partial charge in [0.05, 0.1) is 11.6 Å². The maximum absolute atomic E-state index is 11.5. The minimum absolute atomic E-state index is 0.0815. The third kappa shape index (κ3) is 4.06. The van der Waals surface area contributed by atoms with Gasteiger partial charge in [-0.05, 0) is 29.5 Å². The van der Waals surface area contributed by atoms with Gasteiger partial charge in [-0.25, -0.2) is 0 Å². The van der Waals surface area contributed by atoms with E-state index < -0.39 is 6.61 Å². The van der Waals surface area contributed by atoms with Crippen LogP contribution >= 0.6 is 0 Å². The fourth-order valence-corrected chi connectivity index (χ4v) is 3.07. The number of benzene rings is 1. The summed E-state index contributed by atoms with van der Waals surface area (Å²) in [6, 6.07) is 9.81. The van der Waals surface area contributed by atoms with Gasteiger partial charge in [-0.3, -0.25) is 9.69 Å². The maximum Gasteiger partial charge on any atom is 0.245 e. The van der Waals surface area contributed by atoms with Crippen LogP contribution in [0.4, 0.5) is 0 Å². The molecular formula is C17H23N3O2. The molecule has 1 amide bonds. The smallest absolute Gasteiger partial charge is 0.245 e. The molecule has 2 N–H and O–H groups in total. The molecule has 5 nitrogen and oxygen atoms in total. The summed E-state index contributed by atoms with van der Waals surface area (Å²) in [5, 5.41) is 20.7. The Bertz CT molecular complexity index is 548. The zero-order valence-corrected chi connectivity index (χ0v) is 13.1. The number of nitriles is 1. The van der Waals surface area contributed by atoms with Crippen LogP contribution in [0.15, 0.2) is 24.3 Å². The van der Waals surface area contributed by atoms with Gasteiger partial charge in [0.25, 0.3) is 0 Å². The molecule has 5 heteroatoms. The molecule has 2 rings (SSSR count). The van der Waals surface area contributed by atoms with Gasteiger partial charge in [0.2, 0.25) is 5.91 Å². The molecule has 1 aliphatic rings. The molecule has 1 aromatic carbocycles. The third-order valence-corrected chi connectivity index (χ3v) is 4.28. The van der Waals surface area contributed by atoms with Crippen molar-refractivity contribution < 1.29 is 9.90 Å². The van der Waals surface area contributed by atoms with Crippen molar-refractivity contribution in [2.45, 2.75) is 26.4 Å². The van der Waals surface area contributed by atoms with Crippen LogP contribution in [-0.2, 0) is 11.3 Å². The van der Waals surface area contributed by atoms with E-state index in [1.165, 1.54) is 0 Å². The number of aliphatic hydroxyl groups excluding tert-OH is 1. The lowest BCUT2D eigenvalue weighted by molar-refractivity contribution is -0.124. The van der Waals surface area contributed by atoms with Gasteiger partial charge in [-0.2, -0.15) is 5.26 Å². The number of rotatable bonds is 5. The van der Waals surface area contributed by atoms with Crippen LogP contribution in [0.5, 0.6) is 0 Å². The lowest BCUT2D eigenvalue weighted by Crippen LogP contribution is -2.43.